The van der Waals surface area contributed by atoms with Gasteiger partial charge in [-0.2, -0.15) is 5.10 Å². The average molecular weight is 467 g/mol. The van der Waals surface area contributed by atoms with Crippen LogP contribution in [0.3, 0.4) is 0 Å². The maximum atomic E-state index is 15.4. The number of hydrogen-bond donors (Lipinski definition) is 0. The number of halogens is 3. The maximum Gasteiger partial charge on any atom is 0.296 e. The molecule has 0 aliphatic heterocycles. The van der Waals surface area contributed by atoms with E-state index >= 15 is 4.39 Å². The van der Waals surface area contributed by atoms with Crippen LogP contribution in [0.5, 0.6) is 5.75 Å². The Balaban J connectivity index is 2.18. The smallest absolute Gasteiger partial charge is 0.296 e. The van der Waals surface area contributed by atoms with Crippen LogP contribution in [0.1, 0.15) is 26.7 Å². The first-order valence-electron chi connectivity index (χ1n) is 10.3. The van der Waals surface area contributed by atoms with Gasteiger partial charge >= 0.3 is 0 Å². The molecule has 0 spiro atoms. The fourth-order valence-corrected chi connectivity index (χ4v) is 3.45. The number of rotatable bonds is 10. The molecule has 32 heavy (non-hydrogen) atoms. The summed E-state index contributed by atoms with van der Waals surface area (Å²) in [5.41, 5.74) is -1.15. The molecule has 3 aromatic rings. The summed E-state index contributed by atoms with van der Waals surface area (Å²) in [5.74, 6) is -1.99. The van der Waals surface area contributed by atoms with Gasteiger partial charge in [-0.3, -0.25) is 4.79 Å². The zero-order valence-electron chi connectivity index (χ0n) is 18.1. The number of methoxy groups -OCH3 is 1. The molecule has 1 atom stereocenters. The standard InChI is InChI=1S/C22H25ClF2N4O3/c1-4-14(2)13-28-19(20(23)27-21(22(28)30)29-10-5-9-26-29)17-15(24)7-8-16(18(17)25)32-12-6-11-31-3/h5,7-10,14H,4,6,11-13H2,1-3H3. The largest absolute Gasteiger partial charge is 0.490 e. The summed E-state index contributed by atoms with van der Waals surface area (Å²) in [6, 6.07) is 3.92. The second-order valence-electron chi connectivity index (χ2n) is 7.38. The number of ether oxygens (including phenoxy) is 2. The Morgan fingerprint density at radius 2 is 2.03 bits per heavy atom. The van der Waals surface area contributed by atoms with Crippen LogP contribution in [0.2, 0.25) is 5.15 Å². The first-order chi connectivity index (χ1) is 15.4. The third-order valence-electron chi connectivity index (χ3n) is 5.06. The van der Waals surface area contributed by atoms with Crippen molar-refractivity contribution in [1.82, 2.24) is 19.3 Å². The molecule has 0 amide bonds. The van der Waals surface area contributed by atoms with Gasteiger partial charge in [0.1, 0.15) is 5.82 Å². The average Bonchev–Trinajstić information content (AvgIpc) is 3.31. The molecule has 10 heteroatoms. The van der Waals surface area contributed by atoms with Crippen molar-refractivity contribution in [3.8, 4) is 22.8 Å². The summed E-state index contributed by atoms with van der Waals surface area (Å²) in [6.07, 6.45) is 4.31. The van der Waals surface area contributed by atoms with Crippen LogP contribution < -0.4 is 10.3 Å². The highest BCUT2D eigenvalue weighted by Gasteiger charge is 2.26. The van der Waals surface area contributed by atoms with Crippen LogP contribution >= 0.6 is 11.6 Å². The van der Waals surface area contributed by atoms with Crippen LogP contribution in [-0.2, 0) is 11.3 Å². The Kier molecular flexibility index (Phi) is 7.98. The first kappa shape index (κ1) is 23.9. The Morgan fingerprint density at radius 1 is 1.25 bits per heavy atom. The second kappa shape index (κ2) is 10.7. The predicted molar refractivity (Wildman–Crippen MR) is 117 cm³/mol. The molecule has 0 aliphatic rings. The number of hydrogen-bond acceptors (Lipinski definition) is 5. The van der Waals surface area contributed by atoms with E-state index in [4.69, 9.17) is 21.1 Å². The fraction of sp³-hybridized carbons (Fsp3) is 0.409. The van der Waals surface area contributed by atoms with Gasteiger partial charge in [-0.15, -0.1) is 0 Å². The number of aromatic nitrogens is 4. The molecule has 0 radical (unpaired) electrons. The molecule has 1 aromatic carbocycles. The van der Waals surface area contributed by atoms with Crippen LogP contribution in [0.25, 0.3) is 17.1 Å². The Morgan fingerprint density at radius 3 is 2.69 bits per heavy atom. The molecule has 1 unspecified atom stereocenters. The third kappa shape index (κ3) is 4.99. The molecular weight excluding hydrogens is 442 g/mol. The highest BCUT2D eigenvalue weighted by Crippen LogP contribution is 2.35. The van der Waals surface area contributed by atoms with Gasteiger partial charge in [0.25, 0.3) is 5.56 Å². The van der Waals surface area contributed by atoms with Gasteiger partial charge in [-0.1, -0.05) is 31.9 Å². The van der Waals surface area contributed by atoms with Crippen molar-refractivity contribution >= 4 is 11.6 Å². The Bertz CT molecular complexity index is 1120. The molecule has 2 aromatic heterocycles. The van der Waals surface area contributed by atoms with Gasteiger partial charge < -0.3 is 14.0 Å². The number of nitrogens with zero attached hydrogens (tertiary/aromatic N) is 4. The van der Waals surface area contributed by atoms with Crippen molar-refractivity contribution in [2.24, 2.45) is 5.92 Å². The topological polar surface area (TPSA) is 71.2 Å². The molecule has 0 saturated heterocycles. The minimum Gasteiger partial charge on any atom is -0.490 e. The van der Waals surface area contributed by atoms with Gasteiger partial charge in [-0.05, 0) is 24.1 Å². The molecule has 172 valence electrons. The zero-order valence-corrected chi connectivity index (χ0v) is 18.9. The highest BCUT2D eigenvalue weighted by molar-refractivity contribution is 6.31. The lowest BCUT2D eigenvalue weighted by Crippen LogP contribution is -2.30. The molecule has 7 nitrogen and oxygen atoms in total. The van der Waals surface area contributed by atoms with Crippen molar-refractivity contribution in [1.29, 1.82) is 0 Å². The van der Waals surface area contributed by atoms with Crippen LogP contribution in [0, 0.1) is 17.6 Å². The van der Waals surface area contributed by atoms with Gasteiger partial charge in [-0.25, -0.2) is 18.4 Å². The van der Waals surface area contributed by atoms with E-state index in [1.165, 1.54) is 21.5 Å². The van der Waals surface area contributed by atoms with Crippen molar-refractivity contribution in [3.05, 3.63) is 57.7 Å². The van der Waals surface area contributed by atoms with Crippen molar-refractivity contribution in [3.63, 3.8) is 0 Å². The summed E-state index contributed by atoms with van der Waals surface area (Å²) in [7, 11) is 1.55. The minimum atomic E-state index is -0.949. The molecular formula is C22H25ClF2N4O3. The normalized spacial score (nSPS) is 12.2. The lowest BCUT2D eigenvalue weighted by molar-refractivity contribution is 0.170. The van der Waals surface area contributed by atoms with Crippen molar-refractivity contribution in [2.75, 3.05) is 20.3 Å². The molecule has 3 rings (SSSR count). The summed E-state index contributed by atoms with van der Waals surface area (Å²) >= 11 is 6.42. The van der Waals surface area contributed by atoms with E-state index in [9.17, 15) is 9.18 Å². The Hall–Kier alpha value is -2.78. The Labute approximate surface area is 189 Å². The van der Waals surface area contributed by atoms with Gasteiger partial charge in [0.15, 0.2) is 16.7 Å². The molecule has 0 bridgehead atoms. The maximum absolute atomic E-state index is 15.4. The second-order valence-corrected chi connectivity index (χ2v) is 7.74. The van der Waals surface area contributed by atoms with E-state index < -0.39 is 22.8 Å². The summed E-state index contributed by atoms with van der Waals surface area (Å²) < 4.78 is 43.3. The third-order valence-corrected chi connectivity index (χ3v) is 5.32. The molecule has 2 heterocycles. The fourth-order valence-electron chi connectivity index (χ4n) is 3.17. The number of benzene rings is 1. The summed E-state index contributed by atoms with van der Waals surface area (Å²) in [6.45, 7) is 4.70. The molecule has 0 saturated carbocycles. The highest BCUT2D eigenvalue weighted by atomic mass is 35.5. The summed E-state index contributed by atoms with van der Waals surface area (Å²) in [4.78, 5) is 17.4. The molecule has 0 aliphatic carbocycles. The van der Waals surface area contributed by atoms with E-state index in [1.807, 2.05) is 13.8 Å². The van der Waals surface area contributed by atoms with Gasteiger partial charge in [0.05, 0.1) is 17.9 Å². The quantitative estimate of drug-likeness (QED) is 0.412. The monoisotopic (exact) mass is 466 g/mol. The minimum absolute atomic E-state index is 0.0370. The van der Waals surface area contributed by atoms with Gasteiger partial charge in [0, 0.05) is 39.1 Å². The first-order valence-corrected chi connectivity index (χ1v) is 10.7. The van der Waals surface area contributed by atoms with Crippen LogP contribution in [0.4, 0.5) is 8.78 Å². The lowest BCUT2D eigenvalue weighted by Gasteiger charge is -2.20. The van der Waals surface area contributed by atoms with E-state index in [2.05, 4.69) is 10.1 Å². The zero-order chi connectivity index (χ0) is 23.3. The SMILES string of the molecule is CCC(C)Cn1c(-c2c(F)ccc(OCCCOC)c2F)c(Cl)nc(-n2cccn2)c1=O. The molecule has 0 fully saturated rings. The lowest BCUT2D eigenvalue weighted by atomic mass is 10.1. The van der Waals surface area contributed by atoms with Crippen molar-refractivity contribution < 1.29 is 18.3 Å². The van der Waals surface area contributed by atoms with E-state index in [-0.39, 0.29) is 41.5 Å². The van der Waals surface area contributed by atoms with E-state index in [0.717, 1.165) is 12.5 Å². The van der Waals surface area contributed by atoms with Crippen LogP contribution in [0.15, 0.2) is 35.4 Å². The van der Waals surface area contributed by atoms with Gasteiger partial charge in [0.2, 0.25) is 5.82 Å². The molecule has 0 N–H and O–H groups in total. The van der Waals surface area contributed by atoms with E-state index in [1.54, 1.807) is 19.4 Å². The predicted octanol–water partition coefficient (Wildman–Crippen LogP) is 4.49. The van der Waals surface area contributed by atoms with Crippen LogP contribution in [-0.4, -0.2) is 39.7 Å². The van der Waals surface area contributed by atoms with Crippen molar-refractivity contribution in [2.45, 2.75) is 33.2 Å². The summed E-state index contributed by atoms with van der Waals surface area (Å²) in [5, 5.41) is 3.82. The van der Waals surface area contributed by atoms with E-state index in [0.29, 0.717) is 13.0 Å².